The van der Waals surface area contributed by atoms with Gasteiger partial charge in [-0.1, -0.05) is 19.1 Å². The first-order valence-electron chi connectivity index (χ1n) is 6.22. The monoisotopic (exact) mass is 323 g/mol. The largest absolute Gasteiger partial charge is 0.485 e. The van der Waals surface area contributed by atoms with Gasteiger partial charge in [-0.15, -0.1) is 0 Å². The van der Waals surface area contributed by atoms with E-state index in [1.807, 2.05) is 36.9 Å². The van der Waals surface area contributed by atoms with E-state index in [1.54, 1.807) is 0 Å². The number of anilines is 1. The lowest BCUT2D eigenvalue weighted by atomic mass is 10.2. The lowest BCUT2D eigenvalue weighted by Gasteiger charge is -2.12. The van der Waals surface area contributed by atoms with Crippen LogP contribution in [0.2, 0.25) is 0 Å². The van der Waals surface area contributed by atoms with Gasteiger partial charge in [-0.25, -0.2) is 0 Å². The number of benzene rings is 1. The van der Waals surface area contributed by atoms with Gasteiger partial charge in [0, 0.05) is 7.05 Å². The van der Waals surface area contributed by atoms with E-state index < -0.39 is 0 Å². The lowest BCUT2D eigenvalue weighted by molar-refractivity contribution is 0.294. The number of halogens is 1. The molecule has 0 aliphatic rings. The minimum Gasteiger partial charge on any atom is -0.485 e. The summed E-state index contributed by atoms with van der Waals surface area (Å²) in [6.45, 7) is 4.51. The van der Waals surface area contributed by atoms with Gasteiger partial charge in [-0.2, -0.15) is 5.10 Å². The van der Waals surface area contributed by atoms with Crippen molar-refractivity contribution in [3.05, 3.63) is 39.6 Å². The summed E-state index contributed by atoms with van der Waals surface area (Å²) < 4.78 is 8.72. The van der Waals surface area contributed by atoms with Crippen molar-refractivity contribution in [2.24, 2.45) is 7.05 Å². The lowest BCUT2D eigenvalue weighted by Crippen LogP contribution is -2.05. The second kappa shape index (κ2) is 5.65. The van der Waals surface area contributed by atoms with E-state index in [9.17, 15) is 0 Å². The van der Waals surface area contributed by atoms with Crippen LogP contribution in [0.15, 0.2) is 22.7 Å². The fraction of sp³-hybridized carbons (Fsp3) is 0.357. The van der Waals surface area contributed by atoms with Crippen molar-refractivity contribution in [1.29, 1.82) is 0 Å². The molecule has 2 rings (SSSR count). The molecule has 0 aliphatic carbocycles. The van der Waals surface area contributed by atoms with Crippen molar-refractivity contribution in [2.45, 2.75) is 26.9 Å². The Labute approximate surface area is 121 Å². The Hall–Kier alpha value is -1.49. The molecule has 0 bridgehead atoms. The molecule has 0 amide bonds. The molecule has 0 atom stereocenters. The average molecular weight is 324 g/mol. The molecule has 1 heterocycles. The van der Waals surface area contributed by atoms with Crippen LogP contribution in [0.3, 0.4) is 0 Å². The predicted molar refractivity (Wildman–Crippen MR) is 80.2 cm³/mol. The molecular weight excluding hydrogens is 306 g/mol. The number of hydrogen-bond donors (Lipinski definition) is 1. The molecule has 0 saturated carbocycles. The number of nitrogens with zero attached hydrogens (tertiary/aromatic N) is 2. The molecule has 19 heavy (non-hydrogen) atoms. The molecular formula is C14H18BrN3O. The second-order valence-corrected chi connectivity index (χ2v) is 5.26. The normalized spacial score (nSPS) is 10.7. The highest BCUT2D eigenvalue weighted by atomic mass is 79.9. The highest BCUT2D eigenvalue weighted by Gasteiger charge is 2.14. The molecule has 102 valence electrons. The quantitative estimate of drug-likeness (QED) is 0.879. The van der Waals surface area contributed by atoms with Crippen LogP contribution in [-0.4, -0.2) is 9.78 Å². The third kappa shape index (κ3) is 2.76. The van der Waals surface area contributed by atoms with Crippen LogP contribution in [0.25, 0.3) is 0 Å². The molecule has 0 saturated heterocycles. The molecule has 2 N–H and O–H groups in total. The Kier molecular flexibility index (Phi) is 4.14. The van der Waals surface area contributed by atoms with Crippen LogP contribution in [-0.2, 0) is 20.1 Å². The number of hydrogen-bond acceptors (Lipinski definition) is 3. The molecule has 0 unspecified atom stereocenters. The van der Waals surface area contributed by atoms with Crippen LogP contribution in [0.5, 0.6) is 5.75 Å². The van der Waals surface area contributed by atoms with Crippen molar-refractivity contribution < 1.29 is 4.74 Å². The number of para-hydroxylation sites is 1. The van der Waals surface area contributed by atoms with Crippen LogP contribution < -0.4 is 10.5 Å². The topological polar surface area (TPSA) is 53.1 Å². The summed E-state index contributed by atoms with van der Waals surface area (Å²) >= 11 is 3.58. The van der Waals surface area contributed by atoms with Gasteiger partial charge in [-0.3, -0.25) is 4.68 Å². The summed E-state index contributed by atoms with van der Waals surface area (Å²) in [7, 11) is 1.92. The van der Waals surface area contributed by atoms with Crippen molar-refractivity contribution in [2.75, 3.05) is 5.73 Å². The van der Waals surface area contributed by atoms with Gasteiger partial charge in [0.15, 0.2) is 0 Å². The maximum Gasteiger partial charge on any atom is 0.145 e. The smallest absolute Gasteiger partial charge is 0.145 e. The highest BCUT2D eigenvalue weighted by Crippen LogP contribution is 2.28. The van der Waals surface area contributed by atoms with Gasteiger partial charge in [0.1, 0.15) is 12.4 Å². The Morgan fingerprint density at radius 2 is 2.16 bits per heavy atom. The number of nitrogens with two attached hydrogens (primary N) is 1. The van der Waals surface area contributed by atoms with Gasteiger partial charge < -0.3 is 10.5 Å². The summed E-state index contributed by atoms with van der Waals surface area (Å²) in [5, 5.41) is 4.44. The Morgan fingerprint density at radius 3 is 2.74 bits per heavy atom. The van der Waals surface area contributed by atoms with Crippen molar-refractivity contribution in [3.63, 3.8) is 0 Å². The third-order valence-electron chi connectivity index (χ3n) is 3.10. The molecule has 0 spiro atoms. The first-order valence-corrected chi connectivity index (χ1v) is 7.02. The SMILES string of the molecule is CCc1nn(C)c(COc2c(C)cccc2N)c1Br. The molecule has 2 aromatic rings. The maximum absolute atomic E-state index is 5.93. The van der Waals surface area contributed by atoms with Gasteiger partial charge in [0.2, 0.25) is 0 Å². The molecule has 0 aliphatic heterocycles. The zero-order valence-corrected chi connectivity index (χ0v) is 13.0. The van der Waals surface area contributed by atoms with Crippen LogP contribution in [0.1, 0.15) is 23.9 Å². The number of rotatable bonds is 4. The molecule has 5 heteroatoms. The molecule has 4 nitrogen and oxygen atoms in total. The first-order chi connectivity index (χ1) is 9.04. The van der Waals surface area contributed by atoms with E-state index in [1.165, 1.54) is 0 Å². The van der Waals surface area contributed by atoms with Gasteiger partial charge >= 0.3 is 0 Å². The number of aromatic nitrogens is 2. The first kappa shape index (κ1) is 13.9. The standard InChI is InChI=1S/C14H18BrN3O/c1-4-11-13(15)12(18(3)17-11)8-19-14-9(2)6-5-7-10(14)16/h5-7H,4,8,16H2,1-3H3. The van der Waals surface area contributed by atoms with Crippen LogP contribution in [0, 0.1) is 6.92 Å². The van der Waals surface area contributed by atoms with E-state index >= 15 is 0 Å². The summed E-state index contributed by atoms with van der Waals surface area (Å²) in [4.78, 5) is 0. The van der Waals surface area contributed by atoms with Gasteiger partial charge in [-0.05, 0) is 40.9 Å². The number of aryl methyl sites for hydroxylation is 3. The van der Waals surface area contributed by atoms with Gasteiger partial charge in [0.05, 0.1) is 21.5 Å². The number of nitrogen functional groups attached to an aromatic ring is 1. The van der Waals surface area contributed by atoms with Crippen LogP contribution in [0.4, 0.5) is 5.69 Å². The minimum atomic E-state index is 0.444. The van der Waals surface area contributed by atoms with E-state index in [2.05, 4.69) is 28.0 Å². The Bertz CT molecular complexity index is 572. The fourth-order valence-electron chi connectivity index (χ4n) is 1.99. The second-order valence-electron chi connectivity index (χ2n) is 4.47. The van der Waals surface area contributed by atoms with E-state index in [0.29, 0.717) is 12.3 Å². The Morgan fingerprint density at radius 1 is 1.42 bits per heavy atom. The fourth-order valence-corrected chi connectivity index (χ4v) is 2.72. The average Bonchev–Trinajstić information content (AvgIpc) is 2.65. The summed E-state index contributed by atoms with van der Waals surface area (Å²) in [6.07, 6.45) is 0.890. The van der Waals surface area contributed by atoms with E-state index in [4.69, 9.17) is 10.5 Å². The van der Waals surface area contributed by atoms with Crippen molar-refractivity contribution in [1.82, 2.24) is 9.78 Å². The van der Waals surface area contributed by atoms with E-state index in [0.717, 1.165) is 33.6 Å². The van der Waals surface area contributed by atoms with Crippen molar-refractivity contribution in [3.8, 4) is 5.75 Å². The maximum atomic E-state index is 5.93. The minimum absolute atomic E-state index is 0.444. The summed E-state index contributed by atoms with van der Waals surface area (Å²) in [5.74, 6) is 0.744. The van der Waals surface area contributed by atoms with E-state index in [-0.39, 0.29) is 0 Å². The highest BCUT2D eigenvalue weighted by molar-refractivity contribution is 9.10. The summed E-state index contributed by atoms with van der Waals surface area (Å²) in [6, 6.07) is 5.76. The zero-order chi connectivity index (χ0) is 14.0. The third-order valence-corrected chi connectivity index (χ3v) is 4.01. The van der Waals surface area contributed by atoms with Crippen molar-refractivity contribution >= 4 is 21.6 Å². The molecule has 0 fully saturated rings. The predicted octanol–water partition coefficient (Wildman–Crippen LogP) is 3.21. The zero-order valence-electron chi connectivity index (χ0n) is 11.4. The molecule has 1 aromatic heterocycles. The summed E-state index contributed by atoms with van der Waals surface area (Å²) in [5.41, 5.74) is 9.69. The Balaban J connectivity index is 2.22. The molecule has 1 aromatic carbocycles. The van der Waals surface area contributed by atoms with Crippen LogP contribution >= 0.6 is 15.9 Å². The number of ether oxygens (including phenoxy) is 1. The van der Waals surface area contributed by atoms with Gasteiger partial charge in [0.25, 0.3) is 0 Å². The molecule has 0 radical (unpaired) electrons.